The molecular formula is C31H34N4OS. The number of anilines is 2. The maximum Gasteiger partial charge on any atom is 0.140 e. The fourth-order valence-electron chi connectivity index (χ4n) is 4.39. The lowest BCUT2D eigenvalue weighted by Gasteiger charge is -2.38. The maximum atomic E-state index is 12.8. The molecule has 1 atom stereocenters. The van der Waals surface area contributed by atoms with Crippen LogP contribution in [0.15, 0.2) is 97.2 Å². The van der Waals surface area contributed by atoms with Crippen molar-refractivity contribution in [2.24, 2.45) is 0 Å². The van der Waals surface area contributed by atoms with Gasteiger partial charge >= 0.3 is 0 Å². The van der Waals surface area contributed by atoms with Gasteiger partial charge in [0.05, 0.1) is 5.69 Å². The predicted molar refractivity (Wildman–Crippen MR) is 158 cm³/mol. The predicted octanol–water partition coefficient (Wildman–Crippen LogP) is 5.46. The number of thiocarbonyl (C=S) groups is 1. The van der Waals surface area contributed by atoms with Gasteiger partial charge in [0.2, 0.25) is 0 Å². The molecule has 0 aliphatic carbocycles. The van der Waals surface area contributed by atoms with Crippen LogP contribution in [0.5, 0.6) is 0 Å². The number of benzene rings is 3. The molecule has 0 aliphatic rings. The molecule has 0 fully saturated rings. The molecule has 190 valence electrons. The number of hydrogen-bond acceptors (Lipinski definition) is 5. The van der Waals surface area contributed by atoms with Gasteiger partial charge < -0.3 is 20.2 Å². The number of nitrogens with zero attached hydrogens (tertiary/aromatic N) is 3. The molecule has 4 rings (SSSR count). The Bertz CT molecular complexity index is 1270. The van der Waals surface area contributed by atoms with E-state index in [1.807, 2.05) is 136 Å². The van der Waals surface area contributed by atoms with Crippen molar-refractivity contribution in [3.8, 4) is 0 Å². The molecular weight excluding hydrogens is 476 g/mol. The number of rotatable bonds is 8. The molecule has 4 aromatic rings. The van der Waals surface area contributed by atoms with Crippen LogP contribution >= 0.6 is 12.2 Å². The summed E-state index contributed by atoms with van der Waals surface area (Å²) in [6.07, 6.45) is 1.74. The summed E-state index contributed by atoms with van der Waals surface area (Å²) in [6.45, 7) is 2.05. The molecule has 0 spiro atoms. The van der Waals surface area contributed by atoms with E-state index >= 15 is 0 Å². The maximum absolute atomic E-state index is 12.8. The molecule has 0 aliphatic heterocycles. The van der Waals surface area contributed by atoms with Crippen LogP contribution in [0, 0.1) is 6.92 Å². The zero-order valence-corrected chi connectivity index (χ0v) is 22.8. The van der Waals surface area contributed by atoms with E-state index in [0.717, 1.165) is 33.6 Å². The van der Waals surface area contributed by atoms with Gasteiger partial charge in [0.1, 0.15) is 16.6 Å². The summed E-state index contributed by atoms with van der Waals surface area (Å²) in [7, 11) is 8.00. The Morgan fingerprint density at radius 2 is 1.30 bits per heavy atom. The van der Waals surface area contributed by atoms with Crippen molar-refractivity contribution in [2.75, 3.05) is 38.0 Å². The van der Waals surface area contributed by atoms with E-state index in [-0.39, 0.29) is 0 Å². The van der Waals surface area contributed by atoms with Gasteiger partial charge in [-0.05, 0) is 54.4 Å². The Hall–Kier alpha value is -3.74. The molecule has 0 saturated heterocycles. The molecule has 0 bridgehead atoms. The SMILES string of the molecule is Cc1ccc(C(=S)NC(c2ccccn2)C(O)(c2ccc(N(C)C)cc2)c2ccc(N(C)C)cc2)cc1. The number of aryl methyl sites for hydroxylation is 1. The largest absolute Gasteiger partial charge is 0.378 e. The normalized spacial score (nSPS) is 12.1. The second kappa shape index (κ2) is 11.1. The average Bonchev–Trinajstić information content (AvgIpc) is 2.92. The smallest absolute Gasteiger partial charge is 0.140 e. The Kier molecular flexibility index (Phi) is 7.91. The molecule has 1 aromatic heterocycles. The molecule has 0 amide bonds. The molecule has 3 aromatic carbocycles. The van der Waals surface area contributed by atoms with Crippen molar-refractivity contribution >= 4 is 28.6 Å². The van der Waals surface area contributed by atoms with Crippen LogP contribution in [0.25, 0.3) is 0 Å². The standard InChI is InChI=1S/C31H34N4OS/c1-22-9-11-23(12-10-22)30(37)33-29(28-8-6-7-21-32-28)31(36,24-13-17-26(18-14-24)34(2)3)25-15-19-27(20-16-25)35(4)5/h6-21,29,36H,1-5H3,(H,33,37). The third kappa shape index (κ3) is 5.66. The van der Waals surface area contributed by atoms with Gasteiger partial charge in [-0.2, -0.15) is 0 Å². The fourth-order valence-corrected chi connectivity index (χ4v) is 4.64. The quantitative estimate of drug-likeness (QED) is 0.307. The van der Waals surface area contributed by atoms with Crippen molar-refractivity contribution < 1.29 is 5.11 Å². The Morgan fingerprint density at radius 3 is 1.73 bits per heavy atom. The third-order valence-corrected chi connectivity index (χ3v) is 6.99. The minimum atomic E-state index is -1.47. The monoisotopic (exact) mass is 510 g/mol. The second-order valence-electron chi connectivity index (χ2n) is 9.68. The molecule has 37 heavy (non-hydrogen) atoms. The van der Waals surface area contributed by atoms with Crippen molar-refractivity contribution in [1.82, 2.24) is 10.3 Å². The van der Waals surface area contributed by atoms with Gasteiger partial charge in [-0.15, -0.1) is 0 Å². The van der Waals surface area contributed by atoms with Crippen LogP contribution in [-0.2, 0) is 5.60 Å². The van der Waals surface area contributed by atoms with E-state index in [0.29, 0.717) is 10.7 Å². The number of aromatic nitrogens is 1. The molecule has 6 heteroatoms. The number of hydrogen-bond donors (Lipinski definition) is 2. The van der Waals surface area contributed by atoms with Gasteiger partial charge in [0.25, 0.3) is 0 Å². The van der Waals surface area contributed by atoms with Crippen molar-refractivity contribution in [3.05, 3.63) is 125 Å². The van der Waals surface area contributed by atoms with Crippen LogP contribution < -0.4 is 15.1 Å². The summed E-state index contributed by atoms with van der Waals surface area (Å²) in [5, 5.41) is 16.3. The number of pyridine rings is 1. The van der Waals surface area contributed by atoms with Crippen molar-refractivity contribution in [2.45, 2.75) is 18.6 Å². The van der Waals surface area contributed by atoms with Crippen LogP contribution in [-0.4, -0.2) is 43.3 Å². The minimum absolute atomic E-state index is 0.545. The summed E-state index contributed by atoms with van der Waals surface area (Å²) in [5.74, 6) is 0. The molecule has 2 N–H and O–H groups in total. The summed E-state index contributed by atoms with van der Waals surface area (Å²) in [5.41, 5.74) is 4.84. The first-order chi connectivity index (χ1) is 17.7. The van der Waals surface area contributed by atoms with Crippen LogP contribution in [0.3, 0.4) is 0 Å². The Labute approximate surface area is 225 Å². The fraction of sp³-hybridized carbons (Fsp3) is 0.226. The lowest BCUT2D eigenvalue weighted by molar-refractivity contribution is 0.0424. The Morgan fingerprint density at radius 1 is 0.784 bits per heavy atom. The topological polar surface area (TPSA) is 51.6 Å². The van der Waals surface area contributed by atoms with Crippen LogP contribution in [0.4, 0.5) is 11.4 Å². The number of aliphatic hydroxyl groups is 1. The van der Waals surface area contributed by atoms with E-state index in [1.54, 1.807) is 6.20 Å². The highest BCUT2D eigenvalue weighted by Crippen LogP contribution is 2.42. The average molecular weight is 511 g/mol. The first-order valence-electron chi connectivity index (χ1n) is 12.3. The van der Waals surface area contributed by atoms with E-state index in [2.05, 4.69) is 10.3 Å². The minimum Gasteiger partial charge on any atom is -0.378 e. The molecule has 5 nitrogen and oxygen atoms in total. The van der Waals surface area contributed by atoms with E-state index in [4.69, 9.17) is 12.2 Å². The zero-order valence-electron chi connectivity index (χ0n) is 22.0. The Balaban J connectivity index is 1.88. The van der Waals surface area contributed by atoms with Gasteiger partial charge in [0, 0.05) is 51.3 Å². The first-order valence-corrected chi connectivity index (χ1v) is 12.7. The molecule has 0 radical (unpaired) electrons. The first kappa shape index (κ1) is 26.3. The van der Waals surface area contributed by atoms with Crippen LogP contribution in [0.2, 0.25) is 0 Å². The van der Waals surface area contributed by atoms with E-state index in [9.17, 15) is 5.11 Å². The lowest BCUT2D eigenvalue weighted by atomic mass is 9.78. The number of nitrogens with one attached hydrogen (secondary N) is 1. The summed E-state index contributed by atoms with van der Waals surface area (Å²) >= 11 is 5.86. The summed E-state index contributed by atoms with van der Waals surface area (Å²) < 4.78 is 0. The van der Waals surface area contributed by atoms with E-state index < -0.39 is 11.6 Å². The third-order valence-electron chi connectivity index (χ3n) is 6.64. The van der Waals surface area contributed by atoms with Crippen LogP contribution in [0.1, 0.15) is 34.0 Å². The highest BCUT2D eigenvalue weighted by Gasteiger charge is 2.43. The highest BCUT2D eigenvalue weighted by molar-refractivity contribution is 7.80. The van der Waals surface area contributed by atoms with Gasteiger partial charge in [-0.1, -0.05) is 72.4 Å². The van der Waals surface area contributed by atoms with Crippen molar-refractivity contribution in [1.29, 1.82) is 0 Å². The van der Waals surface area contributed by atoms with Gasteiger partial charge in [0.15, 0.2) is 0 Å². The zero-order chi connectivity index (χ0) is 26.6. The van der Waals surface area contributed by atoms with E-state index in [1.165, 1.54) is 0 Å². The lowest BCUT2D eigenvalue weighted by Crippen LogP contribution is -2.45. The second-order valence-corrected chi connectivity index (χ2v) is 10.1. The molecule has 1 heterocycles. The van der Waals surface area contributed by atoms with Gasteiger partial charge in [-0.3, -0.25) is 4.98 Å². The highest BCUT2D eigenvalue weighted by atomic mass is 32.1. The van der Waals surface area contributed by atoms with Gasteiger partial charge in [-0.25, -0.2) is 0 Å². The summed E-state index contributed by atoms with van der Waals surface area (Å²) in [4.78, 5) is 9.27. The van der Waals surface area contributed by atoms with Crippen molar-refractivity contribution in [3.63, 3.8) is 0 Å². The summed E-state index contributed by atoms with van der Waals surface area (Å²) in [6, 6.07) is 29.1. The molecule has 1 unspecified atom stereocenters. The molecule has 0 saturated carbocycles.